The fourth-order valence-electron chi connectivity index (χ4n) is 1.70. The van der Waals surface area contributed by atoms with Crippen LogP contribution in [-0.4, -0.2) is 24.9 Å². The zero-order chi connectivity index (χ0) is 12.5. The maximum atomic E-state index is 9.69. The molecule has 0 saturated heterocycles. The van der Waals surface area contributed by atoms with Crippen molar-refractivity contribution in [3.05, 3.63) is 29.8 Å². The molecule has 0 radical (unpaired) electrons. The van der Waals surface area contributed by atoms with Crippen LogP contribution >= 0.6 is 0 Å². The molecule has 1 rings (SSSR count). The third-order valence-electron chi connectivity index (χ3n) is 2.67. The first-order valence-electron chi connectivity index (χ1n) is 6.34. The average molecular weight is 237 g/mol. The van der Waals surface area contributed by atoms with Gasteiger partial charge in [-0.15, -0.1) is 0 Å². The molecule has 0 bridgehead atoms. The highest BCUT2D eigenvalue weighted by molar-refractivity contribution is 5.33. The molecule has 1 atom stereocenters. The second-order valence-electron chi connectivity index (χ2n) is 4.20. The first kappa shape index (κ1) is 14.0. The Morgan fingerprint density at radius 1 is 1.29 bits per heavy atom. The SMILES string of the molecule is CCCOCCCNC(C)c1ccccc1O. The smallest absolute Gasteiger partial charge is 0.120 e. The molecular formula is C14H23NO2. The third kappa shape index (κ3) is 5.20. The molecular weight excluding hydrogens is 214 g/mol. The summed E-state index contributed by atoms with van der Waals surface area (Å²) in [4.78, 5) is 0. The molecule has 17 heavy (non-hydrogen) atoms. The summed E-state index contributed by atoms with van der Waals surface area (Å²) in [5.74, 6) is 0.356. The van der Waals surface area contributed by atoms with E-state index in [1.807, 2.05) is 18.2 Å². The van der Waals surface area contributed by atoms with E-state index in [1.54, 1.807) is 6.07 Å². The van der Waals surface area contributed by atoms with Crippen molar-refractivity contribution in [1.82, 2.24) is 5.32 Å². The molecule has 0 amide bonds. The van der Waals surface area contributed by atoms with Crippen molar-refractivity contribution in [3.8, 4) is 5.75 Å². The molecule has 0 fully saturated rings. The summed E-state index contributed by atoms with van der Waals surface area (Å²) < 4.78 is 5.40. The molecule has 0 aliphatic heterocycles. The fourth-order valence-corrected chi connectivity index (χ4v) is 1.70. The quantitative estimate of drug-likeness (QED) is 0.683. The van der Waals surface area contributed by atoms with Gasteiger partial charge in [-0.25, -0.2) is 0 Å². The first-order chi connectivity index (χ1) is 8.25. The van der Waals surface area contributed by atoms with Gasteiger partial charge >= 0.3 is 0 Å². The summed E-state index contributed by atoms with van der Waals surface area (Å²) in [6, 6.07) is 7.61. The van der Waals surface area contributed by atoms with Crippen LogP contribution in [0.25, 0.3) is 0 Å². The molecule has 1 unspecified atom stereocenters. The van der Waals surface area contributed by atoms with Gasteiger partial charge in [-0.05, 0) is 32.4 Å². The van der Waals surface area contributed by atoms with Crippen LogP contribution in [0.2, 0.25) is 0 Å². The number of hydrogen-bond acceptors (Lipinski definition) is 3. The van der Waals surface area contributed by atoms with Crippen molar-refractivity contribution in [2.75, 3.05) is 19.8 Å². The summed E-state index contributed by atoms with van der Waals surface area (Å²) in [5.41, 5.74) is 0.946. The van der Waals surface area contributed by atoms with Gasteiger partial charge in [-0.2, -0.15) is 0 Å². The molecule has 0 saturated carbocycles. The number of phenols is 1. The van der Waals surface area contributed by atoms with Gasteiger partial charge in [0.05, 0.1) is 0 Å². The Kier molecular flexibility index (Phi) is 6.67. The molecule has 0 aromatic heterocycles. The highest BCUT2D eigenvalue weighted by Gasteiger charge is 2.07. The van der Waals surface area contributed by atoms with Crippen LogP contribution in [0.3, 0.4) is 0 Å². The number of phenolic OH excluding ortho intramolecular Hbond substituents is 1. The molecule has 1 aromatic carbocycles. The Hall–Kier alpha value is -1.06. The third-order valence-corrected chi connectivity index (χ3v) is 2.67. The van der Waals surface area contributed by atoms with Gasteiger partial charge in [0.2, 0.25) is 0 Å². The van der Waals surface area contributed by atoms with Crippen molar-refractivity contribution < 1.29 is 9.84 Å². The number of aromatic hydroxyl groups is 1. The molecule has 0 aliphatic carbocycles. The van der Waals surface area contributed by atoms with Crippen LogP contribution < -0.4 is 5.32 Å². The lowest BCUT2D eigenvalue weighted by Gasteiger charge is -2.15. The summed E-state index contributed by atoms with van der Waals surface area (Å²) in [7, 11) is 0. The van der Waals surface area contributed by atoms with E-state index in [9.17, 15) is 5.11 Å². The van der Waals surface area contributed by atoms with E-state index in [2.05, 4.69) is 19.2 Å². The number of nitrogens with one attached hydrogen (secondary N) is 1. The summed E-state index contributed by atoms with van der Waals surface area (Å²) in [6.45, 7) is 6.71. The number of benzene rings is 1. The van der Waals surface area contributed by atoms with Crippen LogP contribution in [-0.2, 0) is 4.74 Å². The molecule has 3 heteroatoms. The van der Waals surface area contributed by atoms with E-state index >= 15 is 0 Å². The largest absolute Gasteiger partial charge is 0.508 e. The van der Waals surface area contributed by atoms with Crippen molar-refractivity contribution >= 4 is 0 Å². The fraction of sp³-hybridized carbons (Fsp3) is 0.571. The second kappa shape index (κ2) is 8.09. The van der Waals surface area contributed by atoms with Crippen LogP contribution in [0, 0.1) is 0 Å². The van der Waals surface area contributed by atoms with Gasteiger partial charge in [0.25, 0.3) is 0 Å². The molecule has 96 valence electrons. The van der Waals surface area contributed by atoms with E-state index in [-0.39, 0.29) is 6.04 Å². The van der Waals surface area contributed by atoms with E-state index < -0.39 is 0 Å². The molecule has 3 nitrogen and oxygen atoms in total. The van der Waals surface area contributed by atoms with Gasteiger partial charge in [0, 0.05) is 24.8 Å². The monoisotopic (exact) mass is 237 g/mol. The highest BCUT2D eigenvalue weighted by atomic mass is 16.5. The topological polar surface area (TPSA) is 41.5 Å². The zero-order valence-electron chi connectivity index (χ0n) is 10.8. The minimum absolute atomic E-state index is 0.169. The van der Waals surface area contributed by atoms with Crippen molar-refractivity contribution in [1.29, 1.82) is 0 Å². The minimum atomic E-state index is 0.169. The average Bonchev–Trinajstić information content (AvgIpc) is 2.34. The Morgan fingerprint density at radius 2 is 2.06 bits per heavy atom. The molecule has 0 spiro atoms. The second-order valence-corrected chi connectivity index (χ2v) is 4.20. The van der Waals surface area contributed by atoms with E-state index in [0.717, 1.165) is 38.2 Å². The maximum Gasteiger partial charge on any atom is 0.120 e. The Balaban J connectivity index is 2.21. The van der Waals surface area contributed by atoms with E-state index in [4.69, 9.17) is 4.74 Å². The number of rotatable bonds is 8. The lowest BCUT2D eigenvalue weighted by atomic mass is 10.1. The van der Waals surface area contributed by atoms with Gasteiger partial charge in [-0.3, -0.25) is 0 Å². The number of para-hydroxylation sites is 1. The van der Waals surface area contributed by atoms with Gasteiger partial charge in [0.15, 0.2) is 0 Å². The maximum absolute atomic E-state index is 9.69. The van der Waals surface area contributed by atoms with Crippen molar-refractivity contribution in [2.24, 2.45) is 0 Å². The Bertz CT molecular complexity index is 315. The molecule has 1 aromatic rings. The summed E-state index contributed by atoms with van der Waals surface area (Å²) in [5, 5.41) is 13.1. The summed E-state index contributed by atoms with van der Waals surface area (Å²) in [6.07, 6.45) is 2.07. The first-order valence-corrected chi connectivity index (χ1v) is 6.34. The van der Waals surface area contributed by atoms with Gasteiger partial charge < -0.3 is 15.2 Å². The molecule has 0 heterocycles. The van der Waals surface area contributed by atoms with Crippen LogP contribution in [0.15, 0.2) is 24.3 Å². The lowest BCUT2D eigenvalue weighted by molar-refractivity contribution is 0.132. The number of ether oxygens (including phenoxy) is 1. The van der Waals surface area contributed by atoms with E-state index in [0.29, 0.717) is 5.75 Å². The van der Waals surface area contributed by atoms with Gasteiger partial charge in [-0.1, -0.05) is 25.1 Å². The summed E-state index contributed by atoms with van der Waals surface area (Å²) >= 11 is 0. The normalized spacial score (nSPS) is 12.6. The predicted octanol–water partition coefficient (Wildman–Crippen LogP) is 2.86. The Morgan fingerprint density at radius 3 is 2.76 bits per heavy atom. The lowest BCUT2D eigenvalue weighted by Crippen LogP contribution is -2.21. The standard InChI is InChI=1S/C14H23NO2/c1-3-10-17-11-6-9-15-12(2)13-7-4-5-8-14(13)16/h4-5,7-8,12,15-16H,3,6,9-11H2,1-2H3. The number of hydrogen-bond donors (Lipinski definition) is 2. The molecule has 2 N–H and O–H groups in total. The predicted molar refractivity (Wildman–Crippen MR) is 70.3 cm³/mol. The van der Waals surface area contributed by atoms with Gasteiger partial charge in [0.1, 0.15) is 5.75 Å². The van der Waals surface area contributed by atoms with Crippen molar-refractivity contribution in [3.63, 3.8) is 0 Å². The van der Waals surface area contributed by atoms with Crippen LogP contribution in [0.1, 0.15) is 38.3 Å². The Labute approximate surface area is 104 Å². The van der Waals surface area contributed by atoms with Crippen LogP contribution in [0.5, 0.6) is 5.75 Å². The van der Waals surface area contributed by atoms with Crippen molar-refractivity contribution in [2.45, 2.75) is 32.7 Å². The highest BCUT2D eigenvalue weighted by Crippen LogP contribution is 2.22. The van der Waals surface area contributed by atoms with Crippen LogP contribution in [0.4, 0.5) is 0 Å². The molecule has 0 aliphatic rings. The zero-order valence-corrected chi connectivity index (χ0v) is 10.8. The minimum Gasteiger partial charge on any atom is -0.508 e. The van der Waals surface area contributed by atoms with E-state index in [1.165, 1.54) is 0 Å².